The van der Waals surface area contributed by atoms with E-state index in [0.717, 1.165) is 12.5 Å². The van der Waals surface area contributed by atoms with Gasteiger partial charge in [0.05, 0.1) is 0 Å². The molecule has 0 fully saturated rings. The maximum Gasteiger partial charge on any atom is 0.115 e. The van der Waals surface area contributed by atoms with Crippen LogP contribution in [0, 0.1) is 0 Å². The molecule has 0 bridgehead atoms. The van der Waals surface area contributed by atoms with Gasteiger partial charge in [-0.25, -0.2) is 0 Å². The number of hydrogen-bond donors (Lipinski definition) is 1. The van der Waals surface area contributed by atoms with Crippen LogP contribution in [0.3, 0.4) is 0 Å². The van der Waals surface area contributed by atoms with Gasteiger partial charge < -0.3 is 5.11 Å². The second-order valence-corrected chi connectivity index (χ2v) is 6.57. The molecule has 0 unspecified atom stereocenters. The van der Waals surface area contributed by atoms with E-state index in [1.165, 1.54) is 11.6 Å². The van der Waals surface area contributed by atoms with Crippen molar-refractivity contribution < 1.29 is 5.11 Å². The van der Waals surface area contributed by atoms with Crippen molar-refractivity contribution in [1.29, 1.82) is 0 Å². The first-order chi connectivity index (χ1) is 6.68. The quantitative estimate of drug-likeness (QED) is 0.483. The fourth-order valence-electron chi connectivity index (χ4n) is 1.29. The van der Waals surface area contributed by atoms with Crippen LogP contribution < -0.4 is 0 Å². The van der Waals surface area contributed by atoms with Crippen LogP contribution in [-0.4, -0.2) is 19.5 Å². The molecule has 0 aromatic heterocycles. The topological polar surface area (TPSA) is 20.2 Å². The number of alkyl halides is 2. The summed E-state index contributed by atoms with van der Waals surface area (Å²) >= 11 is 11.3. The summed E-state index contributed by atoms with van der Waals surface area (Å²) in [5.74, 6) is 0.326. The highest BCUT2D eigenvalue weighted by molar-refractivity contribution is 6.49. The number of phenols is 1. The number of aryl methyl sites for hydroxylation is 1. The van der Waals surface area contributed by atoms with Crippen molar-refractivity contribution in [3.05, 3.63) is 29.8 Å². The van der Waals surface area contributed by atoms with Crippen LogP contribution in [0.4, 0.5) is 0 Å². The van der Waals surface area contributed by atoms with E-state index in [4.69, 9.17) is 28.3 Å². The van der Waals surface area contributed by atoms with E-state index >= 15 is 0 Å². The molecule has 78 valence electrons. The van der Waals surface area contributed by atoms with E-state index in [2.05, 4.69) is 0 Å². The minimum Gasteiger partial charge on any atom is -0.508 e. The summed E-state index contributed by atoms with van der Waals surface area (Å²) in [6.07, 6.45) is 1.08. The van der Waals surface area contributed by atoms with Crippen molar-refractivity contribution in [1.82, 2.24) is 0 Å². The molecule has 0 saturated carbocycles. The predicted molar refractivity (Wildman–Crippen MR) is 65.5 cm³/mol. The molecule has 0 aliphatic rings. The van der Waals surface area contributed by atoms with Gasteiger partial charge in [-0.2, -0.15) is 0 Å². The van der Waals surface area contributed by atoms with Crippen molar-refractivity contribution >= 4 is 32.7 Å². The Kier molecular flexibility index (Phi) is 5.37. The number of phenolic OH excluding ortho intramolecular Hbond substituents is 1. The molecule has 0 aliphatic heterocycles. The van der Waals surface area contributed by atoms with Crippen LogP contribution in [0.5, 0.6) is 5.75 Å². The average molecular weight is 249 g/mol. The van der Waals surface area contributed by atoms with Gasteiger partial charge >= 0.3 is 0 Å². The highest BCUT2D eigenvalue weighted by atomic mass is 35.5. The minimum absolute atomic E-state index is 0.116. The SMILES string of the molecule is Oc1ccc(CC[SiH2]CC(Cl)Cl)cc1. The Morgan fingerprint density at radius 3 is 2.43 bits per heavy atom. The van der Waals surface area contributed by atoms with Gasteiger partial charge in [0.25, 0.3) is 0 Å². The van der Waals surface area contributed by atoms with Crippen molar-refractivity contribution in [2.24, 2.45) is 0 Å². The zero-order valence-corrected chi connectivity index (χ0v) is 10.8. The van der Waals surface area contributed by atoms with Crippen molar-refractivity contribution in [2.75, 3.05) is 0 Å². The zero-order valence-electron chi connectivity index (χ0n) is 7.92. The average Bonchev–Trinajstić information content (AvgIpc) is 2.15. The molecule has 0 amide bonds. The lowest BCUT2D eigenvalue weighted by Gasteiger charge is -2.01. The van der Waals surface area contributed by atoms with Crippen LogP contribution in [-0.2, 0) is 6.42 Å². The van der Waals surface area contributed by atoms with E-state index in [1.54, 1.807) is 12.1 Å². The van der Waals surface area contributed by atoms with Gasteiger partial charge in [-0.15, -0.1) is 23.2 Å². The number of benzene rings is 1. The van der Waals surface area contributed by atoms with Crippen molar-refractivity contribution in [2.45, 2.75) is 23.3 Å². The smallest absolute Gasteiger partial charge is 0.115 e. The van der Waals surface area contributed by atoms with Gasteiger partial charge in [-0.1, -0.05) is 18.2 Å². The monoisotopic (exact) mass is 248 g/mol. The molecule has 1 aromatic rings. The summed E-state index contributed by atoms with van der Waals surface area (Å²) in [6, 6.07) is 9.58. The maximum absolute atomic E-state index is 9.07. The minimum atomic E-state index is -0.179. The molecule has 0 saturated heterocycles. The van der Waals surface area contributed by atoms with E-state index in [0.29, 0.717) is 5.75 Å². The Balaban J connectivity index is 2.21. The molecule has 0 aliphatic carbocycles. The van der Waals surface area contributed by atoms with Gasteiger partial charge in [0.15, 0.2) is 0 Å². The molecular weight excluding hydrogens is 235 g/mol. The maximum atomic E-state index is 9.07. The van der Waals surface area contributed by atoms with Crippen LogP contribution in [0.2, 0.25) is 12.1 Å². The number of aromatic hydroxyl groups is 1. The van der Waals surface area contributed by atoms with E-state index < -0.39 is 0 Å². The van der Waals surface area contributed by atoms with Crippen molar-refractivity contribution in [3.8, 4) is 5.75 Å². The molecule has 1 rings (SSSR count). The second kappa shape index (κ2) is 6.33. The molecule has 0 radical (unpaired) electrons. The third kappa shape index (κ3) is 4.89. The van der Waals surface area contributed by atoms with Gasteiger partial charge in [-0.05, 0) is 30.2 Å². The van der Waals surface area contributed by atoms with E-state index in [1.807, 2.05) is 12.1 Å². The highest BCUT2D eigenvalue weighted by Crippen LogP contribution is 2.12. The van der Waals surface area contributed by atoms with Crippen LogP contribution in [0.1, 0.15) is 5.56 Å². The van der Waals surface area contributed by atoms with E-state index in [9.17, 15) is 0 Å². The summed E-state index contributed by atoms with van der Waals surface area (Å²) in [5.41, 5.74) is 1.27. The molecule has 1 nitrogen and oxygen atoms in total. The summed E-state index contributed by atoms with van der Waals surface area (Å²) < 4.78 is 0. The zero-order chi connectivity index (χ0) is 10.4. The molecule has 0 atom stereocenters. The van der Waals surface area contributed by atoms with Crippen molar-refractivity contribution in [3.63, 3.8) is 0 Å². The molecule has 1 N–H and O–H groups in total. The number of rotatable bonds is 5. The lowest BCUT2D eigenvalue weighted by molar-refractivity contribution is 0.475. The van der Waals surface area contributed by atoms with Crippen LogP contribution in [0.25, 0.3) is 0 Å². The standard InChI is InChI=1S/C10H14Cl2OSi/c11-10(12)7-14-6-5-8-1-3-9(13)4-2-8/h1-4,10,13H,5-7,14H2. The highest BCUT2D eigenvalue weighted by Gasteiger charge is 1.99. The third-order valence-electron chi connectivity index (χ3n) is 2.07. The van der Waals surface area contributed by atoms with Crippen LogP contribution in [0.15, 0.2) is 24.3 Å². The summed E-state index contributed by atoms with van der Waals surface area (Å²) in [7, 11) is -0.116. The van der Waals surface area contributed by atoms with Crippen LogP contribution >= 0.6 is 23.2 Å². The number of hydrogen-bond acceptors (Lipinski definition) is 1. The molecular formula is C10H14Cl2OSi. The van der Waals surface area contributed by atoms with Gasteiger partial charge in [0, 0.05) is 9.52 Å². The Hall–Kier alpha value is -0.183. The van der Waals surface area contributed by atoms with Gasteiger partial charge in [0.1, 0.15) is 10.6 Å². The summed E-state index contributed by atoms with van der Waals surface area (Å²) in [6.45, 7) is 0. The summed E-state index contributed by atoms with van der Waals surface area (Å²) in [4.78, 5) is -0.179. The van der Waals surface area contributed by atoms with Gasteiger partial charge in [-0.3, -0.25) is 0 Å². The Labute approximate surface area is 96.9 Å². The molecule has 0 spiro atoms. The summed E-state index contributed by atoms with van der Waals surface area (Å²) in [5, 5.41) is 9.07. The Morgan fingerprint density at radius 2 is 1.86 bits per heavy atom. The first-order valence-electron chi connectivity index (χ1n) is 4.74. The third-order valence-corrected chi connectivity index (χ3v) is 5.08. The predicted octanol–water partition coefficient (Wildman–Crippen LogP) is 2.74. The fraction of sp³-hybridized carbons (Fsp3) is 0.400. The first-order valence-corrected chi connectivity index (χ1v) is 7.62. The lowest BCUT2D eigenvalue weighted by atomic mass is 10.2. The van der Waals surface area contributed by atoms with E-state index in [-0.39, 0.29) is 14.4 Å². The fourth-order valence-corrected chi connectivity index (χ4v) is 3.47. The lowest BCUT2D eigenvalue weighted by Crippen LogP contribution is -1.97. The molecule has 1 aromatic carbocycles. The molecule has 14 heavy (non-hydrogen) atoms. The number of halogens is 2. The Bertz CT molecular complexity index is 261. The largest absolute Gasteiger partial charge is 0.508 e. The first kappa shape index (κ1) is 11.9. The molecule has 4 heteroatoms. The second-order valence-electron chi connectivity index (χ2n) is 3.30. The van der Waals surface area contributed by atoms with Gasteiger partial charge in [0.2, 0.25) is 0 Å². The normalized spacial score (nSPS) is 11.6. The Morgan fingerprint density at radius 1 is 1.21 bits per heavy atom. The molecule has 0 heterocycles.